The zero-order valence-corrected chi connectivity index (χ0v) is 16.3. The molecule has 0 aliphatic heterocycles. The summed E-state index contributed by atoms with van der Waals surface area (Å²) in [6.07, 6.45) is 0.484. The first-order valence-electron chi connectivity index (χ1n) is 8.59. The molecule has 0 aromatic heterocycles. The minimum absolute atomic E-state index is 0.00126. The standard InChI is InChI=1S/C19H31N3O3/c1-14(2)11-19(24)20-17-7-8-18(21(4)5)16(12-17)13-22(15(3)23)9-10-25-6/h7-8,12,14H,9-11,13H2,1-6H3,(H,20,24). The Morgan fingerprint density at radius 2 is 1.92 bits per heavy atom. The van der Waals surface area contributed by atoms with Crippen LogP contribution in [0.25, 0.3) is 0 Å². The number of anilines is 2. The molecule has 0 aliphatic carbocycles. The average Bonchev–Trinajstić information content (AvgIpc) is 2.50. The highest BCUT2D eigenvalue weighted by molar-refractivity contribution is 5.91. The Balaban J connectivity index is 3.02. The molecule has 0 bridgehead atoms. The van der Waals surface area contributed by atoms with E-state index in [2.05, 4.69) is 5.32 Å². The lowest BCUT2D eigenvalue weighted by atomic mass is 10.1. The summed E-state index contributed by atoms with van der Waals surface area (Å²) in [6, 6.07) is 5.80. The molecule has 0 saturated heterocycles. The first-order chi connectivity index (χ1) is 11.7. The van der Waals surface area contributed by atoms with Gasteiger partial charge in [-0.2, -0.15) is 0 Å². The van der Waals surface area contributed by atoms with E-state index in [9.17, 15) is 9.59 Å². The Morgan fingerprint density at radius 1 is 1.24 bits per heavy atom. The summed E-state index contributed by atoms with van der Waals surface area (Å²) >= 11 is 0. The van der Waals surface area contributed by atoms with Gasteiger partial charge in [0, 0.05) is 59.0 Å². The van der Waals surface area contributed by atoms with Crippen LogP contribution in [0.1, 0.15) is 32.8 Å². The first-order valence-corrected chi connectivity index (χ1v) is 8.59. The van der Waals surface area contributed by atoms with E-state index in [1.165, 1.54) is 0 Å². The van der Waals surface area contributed by atoms with E-state index in [-0.39, 0.29) is 11.8 Å². The number of ether oxygens (including phenoxy) is 1. The number of methoxy groups -OCH3 is 1. The maximum Gasteiger partial charge on any atom is 0.224 e. The maximum atomic E-state index is 12.0. The monoisotopic (exact) mass is 349 g/mol. The molecule has 1 N–H and O–H groups in total. The van der Waals surface area contributed by atoms with Gasteiger partial charge >= 0.3 is 0 Å². The molecule has 1 aromatic rings. The largest absolute Gasteiger partial charge is 0.383 e. The lowest BCUT2D eigenvalue weighted by Crippen LogP contribution is -2.32. The van der Waals surface area contributed by atoms with Crippen molar-refractivity contribution in [2.45, 2.75) is 33.7 Å². The number of benzene rings is 1. The van der Waals surface area contributed by atoms with E-state index in [1.54, 1.807) is 18.9 Å². The summed E-state index contributed by atoms with van der Waals surface area (Å²) in [5.74, 6) is 0.306. The van der Waals surface area contributed by atoms with Gasteiger partial charge in [0.25, 0.3) is 0 Å². The number of rotatable bonds is 9. The Morgan fingerprint density at radius 3 is 2.44 bits per heavy atom. The van der Waals surface area contributed by atoms with Crippen molar-refractivity contribution in [1.29, 1.82) is 0 Å². The SMILES string of the molecule is COCCN(Cc1cc(NC(=O)CC(C)C)ccc1N(C)C)C(C)=O. The molecular weight excluding hydrogens is 318 g/mol. The molecule has 1 rings (SSSR count). The zero-order chi connectivity index (χ0) is 19.0. The number of hydrogen-bond donors (Lipinski definition) is 1. The summed E-state index contributed by atoms with van der Waals surface area (Å²) < 4.78 is 5.09. The molecule has 0 radical (unpaired) electrons. The van der Waals surface area contributed by atoms with Gasteiger partial charge < -0.3 is 19.9 Å². The predicted octanol–water partition coefficient (Wildman–Crippen LogP) is 2.73. The highest BCUT2D eigenvalue weighted by atomic mass is 16.5. The number of amides is 2. The molecule has 6 heteroatoms. The predicted molar refractivity (Wildman–Crippen MR) is 102 cm³/mol. The fourth-order valence-corrected chi connectivity index (χ4v) is 2.56. The quantitative estimate of drug-likeness (QED) is 0.745. The van der Waals surface area contributed by atoms with Gasteiger partial charge in [0.15, 0.2) is 0 Å². The van der Waals surface area contributed by atoms with E-state index >= 15 is 0 Å². The molecule has 6 nitrogen and oxygen atoms in total. The highest BCUT2D eigenvalue weighted by Gasteiger charge is 2.14. The highest BCUT2D eigenvalue weighted by Crippen LogP contribution is 2.25. The normalized spacial score (nSPS) is 10.7. The lowest BCUT2D eigenvalue weighted by Gasteiger charge is -2.25. The topological polar surface area (TPSA) is 61.9 Å². The average molecular weight is 349 g/mol. The summed E-state index contributed by atoms with van der Waals surface area (Å²) in [6.45, 7) is 7.07. The van der Waals surface area contributed by atoms with Crippen molar-refractivity contribution in [3.63, 3.8) is 0 Å². The number of hydrogen-bond acceptors (Lipinski definition) is 4. The molecular formula is C19H31N3O3. The van der Waals surface area contributed by atoms with Crippen molar-refractivity contribution in [2.24, 2.45) is 5.92 Å². The molecule has 2 amide bonds. The minimum Gasteiger partial charge on any atom is -0.383 e. The number of nitrogens with zero attached hydrogens (tertiary/aromatic N) is 2. The smallest absolute Gasteiger partial charge is 0.224 e. The van der Waals surface area contributed by atoms with Crippen LogP contribution in [0.2, 0.25) is 0 Å². The summed E-state index contributed by atoms with van der Waals surface area (Å²) in [4.78, 5) is 27.7. The molecule has 0 fully saturated rings. The van der Waals surface area contributed by atoms with Crippen molar-refractivity contribution in [2.75, 3.05) is 44.6 Å². The second-order valence-electron chi connectivity index (χ2n) is 6.82. The van der Waals surface area contributed by atoms with E-state index in [0.29, 0.717) is 32.0 Å². The van der Waals surface area contributed by atoms with Crippen molar-refractivity contribution in [3.8, 4) is 0 Å². The fourth-order valence-electron chi connectivity index (χ4n) is 2.56. The molecule has 0 aliphatic rings. The van der Waals surface area contributed by atoms with E-state index in [0.717, 1.165) is 16.9 Å². The van der Waals surface area contributed by atoms with Gasteiger partial charge in [-0.05, 0) is 29.7 Å². The van der Waals surface area contributed by atoms with Crippen LogP contribution < -0.4 is 10.2 Å². The molecule has 1 aromatic carbocycles. The van der Waals surface area contributed by atoms with E-state index in [4.69, 9.17) is 4.74 Å². The van der Waals surface area contributed by atoms with Crippen molar-refractivity contribution >= 4 is 23.2 Å². The number of nitrogens with one attached hydrogen (secondary N) is 1. The fraction of sp³-hybridized carbons (Fsp3) is 0.579. The summed E-state index contributed by atoms with van der Waals surface area (Å²) in [7, 11) is 5.54. The van der Waals surface area contributed by atoms with Crippen LogP contribution in [-0.2, 0) is 20.9 Å². The molecule has 0 atom stereocenters. The molecule has 140 valence electrons. The zero-order valence-electron chi connectivity index (χ0n) is 16.3. The second-order valence-corrected chi connectivity index (χ2v) is 6.82. The molecule has 0 spiro atoms. The maximum absolute atomic E-state index is 12.0. The van der Waals surface area contributed by atoms with Crippen LogP contribution in [0.15, 0.2) is 18.2 Å². The second kappa shape index (κ2) is 10.0. The van der Waals surface area contributed by atoms with Gasteiger partial charge in [0.2, 0.25) is 11.8 Å². The van der Waals surface area contributed by atoms with Crippen molar-refractivity contribution in [3.05, 3.63) is 23.8 Å². The van der Waals surface area contributed by atoms with Gasteiger partial charge in [0.1, 0.15) is 0 Å². The number of carbonyl (C=O) groups is 2. The lowest BCUT2D eigenvalue weighted by molar-refractivity contribution is -0.130. The van der Waals surface area contributed by atoms with Crippen LogP contribution in [0, 0.1) is 5.92 Å². The van der Waals surface area contributed by atoms with Gasteiger partial charge in [-0.15, -0.1) is 0 Å². The third-order valence-corrected chi connectivity index (χ3v) is 3.81. The van der Waals surface area contributed by atoms with Crippen LogP contribution in [0.3, 0.4) is 0 Å². The van der Waals surface area contributed by atoms with E-state index in [1.807, 2.05) is 51.0 Å². The Kier molecular flexibility index (Phi) is 8.41. The number of carbonyl (C=O) groups excluding carboxylic acids is 2. The molecule has 25 heavy (non-hydrogen) atoms. The molecule has 0 heterocycles. The minimum atomic E-state index is -0.00370. The van der Waals surface area contributed by atoms with E-state index < -0.39 is 0 Å². The van der Waals surface area contributed by atoms with Crippen LogP contribution in [0.5, 0.6) is 0 Å². The Bertz CT molecular complexity index is 585. The van der Waals surface area contributed by atoms with Crippen LogP contribution in [-0.4, -0.2) is 51.1 Å². The molecule has 0 unspecified atom stereocenters. The van der Waals surface area contributed by atoms with Gasteiger partial charge in [-0.25, -0.2) is 0 Å². The van der Waals surface area contributed by atoms with Gasteiger partial charge in [-0.3, -0.25) is 9.59 Å². The van der Waals surface area contributed by atoms with Gasteiger partial charge in [0.05, 0.1) is 6.61 Å². The molecule has 0 saturated carbocycles. The Labute approximate surface area is 151 Å². The first kappa shape index (κ1) is 21.0. The van der Waals surface area contributed by atoms with Crippen molar-refractivity contribution in [1.82, 2.24) is 4.90 Å². The van der Waals surface area contributed by atoms with Gasteiger partial charge in [-0.1, -0.05) is 13.8 Å². The van der Waals surface area contributed by atoms with Crippen LogP contribution in [0.4, 0.5) is 11.4 Å². The van der Waals surface area contributed by atoms with Crippen molar-refractivity contribution < 1.29 is 14.3 Å². The van der Waals surface area contributed by atoms with Crippen LogP contribution >= 0.6 is 0 Å². The third kappa shape index (κ3) is 7.13. The third-order valence-electron chi connectivity index (χ3n) is 3.81. The summed E-state index contributed by atoms with van der Waals surface area (Å²) in [5, 5.41) is 2.94. The Hall–Kier alpha value is -2.08. The summed E-state index contributed by atoms with van der Waals surface area (Å²) in [5.41, 5.74) is 2.76.